The fourth-order valence-electron chi connectivity index (χ4n) is 3.20. The molecule has 1 fully saturated rings. The minimum absolute atomic E-state index is 0.0870. The Morgan fingerprint density at radius 3 is 2.62 bits per heavy atom. The summed E-state index contributed by atoms with van der Waals surface area (Å²) in [6.45, 7) is 0. The fraction of sp³-hybridized carbons (Fsp3) is 0.412. The minimum Gasteiger partial charge on any atom is -0.422 e. The van der Waals surface area contributed by atoms with E-state index in [0.717, 1.165) is 25.7 Å². The zero-order valence-electron chi connectivity index (χ0n) is 13.4. The van der Waals surface area contributed by atoms with E-state index in [1.807, 2.05) is 0 Å². The van der Waals surface area contributed by atoms with E-state index in [-0.39, 0.29) is 22.9 Å². The number of hydrogen-bond acceptors (Lipinski definition) is 5. The topological polar surface area (TPSA) is 93.7 Å². The van der Waals surface area contributed by atoms with Gasteiger partial charge in [0, 0.05) is 30.6 Å². The summed E-state index contributed by atoms with van der Waals surface area (Å²) in [7, 11) is 1.69. The van der Waals surface area contributed by atoms with Crippen molar-refractivity contribution in [2.45, 2.75) is 38.1 Å². The molecule has 0 aliphatic heterocycles. The van der Waals surface area contributed by atoms with Crippen LogP contribution in [0.5, 0.6) is 0 Å². The van der Waals surface area contributed by atoms with Gasteiger partial charge in [-0.15, -0.1) is 0 Å². The van der Waals surface area contributed by atoms with Gasteiger partial charge in [-0.1, -0.05) is 19.3 Å². The Morgan fingerprint density at radius 1 is 1.25 bits per heavy atom. The Morgan fingerprint density at radius 2 is 1.96 bits per heavy atom. The second-order valence-electron chi connectivity index (χ2n) is 6.13. The molecule has 0 unspecified atom stereocenters. The molecule has 0 saturated heterocycles. The number of rotatable bonds is 3. The highest BCUT2D eigenvalue weighted by Gasteiger charge is 2.25. The summed E-state index contributed by atoms with van der Waals surface area (Å²) in [5.74, 6) is -0.399. The van der Waals surface area contributed by atoms with E-state index in [0.29, 0.717) is 5.39 Å². The highest BCUT2D eigenvalue weighted by atomic mass is 16.6. The molecule has 24 heavy (non-hydrogen) atoms. The molecule has 0 spiro atoms. The zero-order valence-corrected chi connectivity index (χ0v) is 13.4. The van der Waals surface area contributed by atoms with Gasteiger partial charge in [-0.25, -0.2) is 4.79 Å². The first kappa shape index (κ1) is 16.2. The van der Waals surface area contributed by atoms with Crippen LogP contribution < -0.4 is 5.63 Å². The molecule has 1 amide bonds. The summed E-state index contributed by atoms with van der Waals surface area (Å²) in [6.07, 6.45) is 5.15. The number of carbonyl (C=O) groups is 1. The lowest BCUT2D eigenvalue weighted by Crippen LogP contribution is -2.40. The van der Waals surface area contributed by atoms with Crippen LogP contribution in [0.15, 0.2) is 33.5 Å². The number of non-ortho nitro benzene ring substituents is 1. The Labute approximate surface area is 138 Å². The Kier molecular flexibility index (Phi) is 4.33. The smallest absolute Gasteiger partial charge is 0.349 e. The van der Waals surface area contributed by atoms with Crippen LogP contribution in [0.4, 0.5) is 5.69 Å². The van der Waals surface area contributed by atoms with Crippen molar-refractivity contribution >= 4 is 22.6 Å². The molecule has 1 aromatic heterocycles. The van der Waals surface area contributed by atoms with Crippen LogP contribution in [0.25, 0.3) is 11.0 Å². The van der Waals surface area contributed by atoms with Crippen LogP contribution in [-0.4, -0.2) is 28.8 Å². The largest absolute Gasteiger partial charge is 0.422 e. The first-order chi connectivity index (χ1) is 11.5. The van der Waals surface area contributed by atoms with E-state index < -0.39 is 16.5 Å². The lowest BCUT2D eigenvalue weighted by molar-refractivity contribution is -0.384. The first-order valence-electron chi connectivity index (χ1n) is 7.97. The molecule has 0 radical (unpaired) electrons. The maximum Gasteiger partial charge on any atom is 0.349 e. The second-order valence-corrected chi connectivity index (χ2v) is 6.13. The van der Waals surface area contributed by atoms with Gasteiger partial charge in [-0.2, -0.15) is 0 Å². The average Bonchev–Trinajstić information content (AvgIpc) is 2.60. The number of amides is 1. The summed E-state index contributed by atoms with van der Waals surface area (Å²) >= 11 is 0. The molecule has 0 atom stereocenters. The molecule has 7 heteroatoms. The van der Waals surface area contributed by atoms with Gasteiger partial charge >= 0.3 is 5.63 Å². The van der Waals surface area contributed by atoms with Crippen molar-refractivity contribution in [3.05, 3.63) is 50.4 Å². The molecule has 1 aliphatic rings. The van der Waals surface area contributed by atoms with Gasteiger partial charge < -0.3 is 9.32 Å². The number of nitro groups is 1. The first-order valence-corrected chi connectivity index (χ1v) is 7.97. The van der Waals surface area contributed by atoms with Gasteiger partial charge in [0.15, 0.2) is 0 Å². The maximum absolute atomic E-state index is 12.7. The van der Waals surface area contributed by atoms with E-state index in [2.05, 4.69) is 0 Å². The molecule has 1 heterocycles. The van der Waals surface area contributed by atoms with Crippen molar-refractivity contribution in [3.63, 3.8) is 0 Å². The Balaban J connectivity index is 1.98. The number of fused-ring (bicyclic) bond motifs is 1. The lowest BCUT2D eigenvalue weighted by Gasteiger charge is -2.31. The number of nitrogens with zero attached hydrogens (tertiary/aromatic N) is 2. The molecule has 3 rings (SSSR count). The van der Waals surface area contributed by atoms with Crippen molar-refractivity contribution in [2.75, 3.05) is 7.05 Å². The van der Waals surface area contributed by atoms with Crippen molar-refractivity contribution in [1.82, 2.24) is 4.90 Å². The molecular formula is C17H18N2O5. The van der Waals surface area contributed by atoms with Gasteiger partial charge in [0.1, 0.15) is 11.1 Å². The number of carbonyl (C=O) groups excluding carboxylic acids is 1. The van der Waals surface area contributed by atoms with Crippen LogP contribution >= 0.6 is 0 Å². The highest BCUT2D eigenvalue weighted by Crippen LogP contribution is 2.24. The summed E-state index contributed by atoms with van der Waals surface area (Å²) in [5.41, 5.74) is -0.696. The van der Waals surface area contributed by atoms with Gasteiger partial charge in [0.05, 0.1) is 4.92 Å². The van der Waals surface area contributed by atoms with Crippen LogP contribution in [0.1, 0.15) is 42.5 Å². The number of hydrogen-bond donors (Lipinski definition) is 0. The van der Waals surface area contributed by atoms with Gasteiger partial charge in [0.2, 0.25) is 0 Å². The van der Waals surface area contributed by atoms with Gasteiger partial charge in [-0.05, 0) is 25.0 Å². The van der Waals surface area contributed by atoms with Crippen LogP contribution in [-0.2, 0) is 0 Å². The van der Waals surface area contributed by atoms with Gasteiger partial charge in [-0.3, -0.25) is 14.9 Å². The normalized spacial score (nSPS) is 15.4. The van der Waals surface area contributed by atoms with Crippen LogP contribution in [0.2, 0.25) is 0 Å². The zero-order chi connectivity index (χ0) is 17.3. The molecule has 0 bridgehead atoms. The standard InChI is InChI=1S/C17H18N2O5/c1-18(12-5-3-2-4-6-12)16(20)14-10-11-9-13(19(22)23)7-8-15(11)24-17(14)21/h7-10,12H,2-6H2,1H3. The predicted octanol–water partition coefficient (Wildman–Crippen LogP) is 3.11. The third-order valence-corrected chi connectivity index (χ3v) is 4.60. The predicted molar refractivity (Wildman–Crippen MR) is 88.1 cm³/mol. The Hall–Kier alpha value is -2.70. The summed E-state index contributed by atoms with van der Waals surface area (Å²) in [4.78, 5) is 36.7. The fourth-order valence-corrected chi connectivity index (χ4v) is 3.20. The minimum atomic E-state index is -0.719. The van der Waals surface area contributed by atoms with E-state index in [4.69, 9.17) is 4.42 Å². The highest BCUT2D eigenvalue weighted by molar-refractivity contribution is 5.97. The molecule has 126 valence electrons. The monoisotopic (exact) mass is 330 g/mol. The van der Waals surface area contributed by atoms with E-state index >= 15 is 0 Å². The summed E-state index contributed by atoms with van der Waals surface area (Å²) < 4.78 is 5.16. The van der Waals surface area contributed by atoms with Crippen molar-refractivity contribution in [3.8, 4) is 0 Å². The van der Waals surface area contributed by atoms with Crippen LogP contribution in [0, 0.1) is 10.1 Å². The van der Waals surface area contributed by atoms with Crippen molar-refractivity contribution < 1.29 is 14.1 Å². The number of nitro benzene ring substituents is 1. The molecule has 2 aromatic rings. The molecule has 7 nitrogen and oxygen atoms in total. The molecular weight excluding hydrogens is 312 g/mol. The molecule has 1 saturated carbocycles. The summed E-state index contributed by atoms with van der Waals surface area (Å²) in [6, 6.07) is 5.44. The SMILES string of the molecule is CN(C(=O)c1cc2cc([N+](=O)[O-])ccc2oc1=O)C1CCCCC1. The number of benzene rings is 1. The van der Waals surface area contributed by atoms with Crippen LogP contribution in [0.3, 0.4) is 0 Å². The van der Waals surface area contributed by atoms with E-state index in [1.54, 1.807) is 11.9 Å². The maximum atomic E-state index is 12.7. The van der Waals surface area contributed by atoms with Gasteiger partial charge in [0.25, 0.3) is 11.6 Å². The second kappa shape index (κ2) is 6.43. The lowest BCUT2D eigenvalue weighted by atomic mass is 9.94. The van der Waals surface area contributed by atoms with E-state index in [1.165, 1.54) is 30.7 Å². The quantitative estimate of drug-likeness (QED) is 0.489. The molecule has 1 aromatic carbocycles. The third-order valence-electron chi connectivity index (χ3n) is 4.60. The average molecular weight is 330 g/mol. The Bertz CT molecular complexity index is 852. The summed E-state index contributed by atoms with van der Waals surface area (Å²) in [5, 5.41) is 11.2. The molecule has 0 N–H and O–H groups in total. The molecule has 1 aliphatic carbocycles. The van der Waals surface area contributed by atoms with E-state index in [9.17, 15) is 19.7 Å². The van der Waals surface area contributed by atoms with Crippen molar-refractivity contribution in [1.29, 1.82) is 0 Å². The third kappa shape index (κ3) is 3.02. The van der Waals surface area contributed by atoms with Crippen molar-refractivity contribution in [2.24, 2.45) is 0 Å².